The van der Waals surface area contributed by atoms with Crippen LogP contribution in [-0.4, -0.2) is 6.21 Å². The van der Waals surface area contributed by atoms with Gasteiger partial charge in [-0.25, -0.2) is 0 Å². The van der Waals surface area contributed by atoms with E-state index in [1.165, 1.54) is 6.07 Å². The maximum absolute atomic E-state index is 12.7. The number of hydrogen-bond donors (Lipinski definition) is 2. The third-order valence-corrected chi connectivity index (χ3v) is 2.35. The second-order valence-electron chi connectivity index (χ2n) is 3.83. The van der Waals surface area contributed by atoms with Gasteiger partial charge in [0.25, 0.3) is 0 Å². The standard InChI is InChI=1S/C11H13F3N2/c1-6(2)10-7(5-15)9(16)4-3-8(10)11(12,13)14/h3-6,15H,16H2,1-2H3. The molecule has 0 aliphatic heterocycles. The van der Waals surface area contributed by atoms with Gasteiger partial charge in [-0.1, -0.05) is 13.8 Å². The van der Waals surface area contributed by atoms with E-state index in [9.17, 15) is 13.2 Å². The summed E-state index contributed by atoms with van der Waals surface area (Å²) in [5.41, 5.74) is 5.29. The number of anilines is 1. The van der Waals surface area contributed by atoms with Crippen molar-refractivity contribution in [2.45, 2.75) is 25.9 Å². The predicted molar refractivity (Wildman–Crippen MR) is 57.8 cm³/mol. The average molecular weight is 230 g/mol. The highest BCUT2D eigenvalue weighted by molar-refractivity contribution is 5.88. The zero-order valence-electron chi connectivity index (χ0n) is 9.02. The zero-order chi connectivity index (χ0) is 12.5. The molecule has 0 aliphatic rings. The molecule has 0 unspecified atom stereocenters. The van der Waals surface area contributed by atoms with Gasteiger partial charge in [0.2, 0.25) is 0 Å². The quantitative estimate of drug-likeness (QED) is 0.593. The molecule has 2 nitrogen and oxygen atoms in total. The number of nitrogens with two attached hydrogens (primary N) is 1. The molecule has 1 aromatic carbocycles. The first-order chi connectivity index (χ1) is 7.29. The molecule has 0 aliphatic carbocycles. The van der Waals surface area contributed by atoms with E-state index >= 15 is 0 Å². The van der Waals surface area contributed by atoms with Crippen molar-refractivity contribution < 1.29 is 13.2 Å². The number of benzene rings is 1. The van der Waals surface area contributed by atoms with Crippen LogP contribution in [0.5, 0.6) is 0 Å². The van der Waals surface area contributed by atoms with Gasteiger partial charge in [0.15, 0.2) is 0 Å². The van der Waals surface area contributed by atoms with Gasteiger partial charge in [-0.15, -0.1) is 0 Å². The normalized spacial score (nSPS) is 11.9. The molecule has 0 radical (unpaired) electrons. The van der Waals surface area contributed by atoms with Crippen molar-refractivity contribution in [1.82, 2.24) is 0 Å². The van der Waals surface area contributed by atoms with Crippen molar-refractivity contribution in [1.29, 1.82) is 5.41 Å². The van der Waals surface area contributed by atoms with Gasteiger partial charge >= 0.3 is 6.18 Å². The molecule has 0 heterocycles. The first-order valence-corrected chi connectivity index (χ1v) is 4.79. The smallest absolute Gasteiger partial charge is 0.398 e. The summed E-state index contributed by atoms with van der Waals surface area (Å²) in [6.45, 7) is 3.30. The summed E-state index contributed by atoms with van der Waals surface area (Å²) >= 11 is 0. The minimum absolute atomic E-state index is 0.0856. The molecule has 0 fully saturated rings. The van der Waals surface area contributed by atoms with Gasteiger partial charge in [0, 0.05) is 17.5 Å². The lowest BCUT2D eigenvalue weighted by Crippen LogP contribution is -2.13. The highest BCUT2D eigenvalue weighted by Crippen LogP contribution is 2.38. The number of alkyl halides is 3. The summed E-state index contributed by atoms with van der Waals surface area (Å²) in [4.78, 5) is 0. The fraction of sp³-hybridized carbons (Fsp3) is 0.364. The van der Waals surface area contributed by atoms with Crippen molar-refractivity contribution in [3.05, 3.63) is 28.8 Å². The molecule has 0 amide bonds. The molecular weight excluding hydrogens is 217 g/mol. The second-order valence-corrected chi connectivity index (χ2v) is 3.83. The predicted octanol–water partition coefficient (Wildman–Crippen LogP) is 3.41. The molecule has 0 saturated carbocycles. The summed E-state index contributed by atoms with van der Waals surface area (Å²) in [5, 5.41) is 7.15. The lowest BCUT2D eigenvalue weighted by Gasteiger charge is -2.19. The molecule has 16 heavy (non-hydrogen) atoms. The zero-order valence-corrected chi connectivity index (χ0v) is 9.02. The van der Waals surface area contributed by atoms with Crippen molar-refractivity contribution in [2.24, 2.45) is 0 Å². The van der Waals surface area contributed by atoms with Crippen LogP contribution in [0.2, 0.25) is 0 Å². The van der Waals surface area contributed by atoms with Crippen LogP contribution < -0.4 is 5.73 Å². The summed E-state index contributed by atoms with van der Waals surface area (Å²) in [5.74, 6) is -0.336. The number of nitrogens with one attached hydrogen (secondary N) is 1. The molecule has 1 aromatic rings. The molecule has 5 heteroatoms. The summed E-state index contributed by atoms with van der Waals surface area (Å²) in [6, 6.07) is 2.16. The Morgan fingerprint density at radius 1 is 1.31 bits per heavy atom. The molecule has 0 bridgehead atoms. The monoisotopic (exact) mass is 230 g/mol. The Bertz CT molecular complexity index is 408. The summed E-state index contributed by atoms with van der Waals surface area (Å²) in [6.07, 6.45) is -3.54. The number of rotatable bonds is 2. The Morgan fingerprint density at radius 3 is 2.25 bits per heavy atom. The van der Waals surface area contributed by atoms with E-state index in [0.29, 0.717) is 0 Å². The topological polar surface area (TPSA) is 49.9 Å². The number of nitrogen functional groups attached to an aromatic ring is 1. The van der Waals surface area contributed by atoms with Crippen LogP contribution in [0.25, 0.3) is 0 Å². The van der Waals surface area contributed by atoms with Gasteiger partial charge in [-0.05, 0) is 23.6 Å². The van der Waals surface area contributed by atoms with E-state index < -0.39 is 11.7 Å². The number of halogens is 3. The van der Waals surface area contributed by atoms with E-state index in [1.807, 2.05) is 0 Å². The van der Waals surface area contributed by atoms with Crippen LogP contribution in [0.1, 0.15) is 36.5 Å². The Labute approximate surface area is 91.8 Å². The first kappa shape index (κ1) is 12.5. The molecule has 0 saturated heterocycles. The molecule has 3 N–H and O–H groups in total. The van der Waals surface area contributed by atoms with Crippen molar-refractivity contribution in [2.75, 3.05) is 5.73 Å². The highest BCUT2D eigenvalue weighted by atomic mass is 19.4. The Hall–Kier alpha value is -1.52. The van der Waals surface area contributed by atoms with Crippen LogP contribution in [0.15, 0.2) is 12.1 Å². The van der Waals surface area contributed by atoms with Crippen molar-refractivity contribution >= 4 is 11.9 Å². The highest BCUT2D eigenvalue weighted by Gasteiger charge is 2.35. The third kappa shape index (κ3) is 2.18. The Morgan fingerprint density at radius 2 is 1.88 bits per heavy atom. The third-order valence-electron chi connectivity index (χ3n) is 2.35. The van der Waals surface area contributed by atoms with Crippen molar-refractivity contribution in [3.63, 3.8) is 0 Å². The van der Waals surface area contributed by atoms with Gasteiger partial charge in [-0.3, -0.25) is 0 Å². The Kier molecular flexibility index (Phi) is 3.26. The van der Waals surface area contributed by atoms with Crippen LogP contribution >= 0.6 is 0 Å². The van der Waals surface area contributed by atoms with Crippen LogP contribution in [0, 0.1) is 5.41 Å². The Balaban J connectivity index is 3.58. The van der Waals surface area contributed by atoms with Crippen molar-refractivity contribution in [3.8, 4) is 0 Å². The van der Waals surface area contributed by atoms with E-state index in [-0.39, 0.29) is 22.7 Å². The number of hydrogen-bond acceptors (Lipinski definition) is 2. The maximum Gasteiger partial charge on any atom is 0.416 e. The van der Waals surface area contributed by atoms with Gasteiger partial charge in [0.1, 0.15) is 0 Å². The van der Waals surface area contributed by atoms with Crippen LogP contribution in [0.3, 0.4) is 0 Å². The van der Waals surface area contributed by atoms with Gasteiger partial charge in [-0.2, -0.15) is 13.2 Å². The second kappa shape index (κ2) is 4.15. The fourth-order valence-corrected chi connectivity index (χ4v) is 1.68. The lowest BCUT2D eigenvalue weighted by molar-refractivity contribution is -0.138. The molecule has 88 valence electrons. The minimum atomic E-state index is -4.41. The van der Waals surface area contributed by atoms with E-state index in [2.05, 4.69) is 0 Å². The minimum Gasteiger partial charge on any atom is -0.398 e. The fourth-order valence-electron chi connectivity index (χ4n) is 1.68. The van der Waals surface area contributed by atoms with E-state index in [1.54, 1.807) is 13.8 Å². The molecule has 0 atom stereocenters. The summed E-state index contributed by atoms with van der Waals surface area (Å²) < 4.78 is 38.2. The lowest BCUT2D eigenvalue weighted by atomic mass is 9.91. The van der Waals surface area contributed by atoms with Crippen LogP contribution in [-0.2, 0) is 6.18 Å². The van der Waals surface area contributed by atoms with Gasteiger partial charge in [0.05, 0.1) is 5.56 Å². The molecular formula is C11H13F3N2. The van der Waals surface area contributed by atoms with Gasteiger partial charge < -0.3 is 11.1 Å². The average Bonchev–Trinajstić information content (AvgIpc) is 2.14. The molecule has 0 aromatic heterocycles. The SMILES string of the molecule is CC(C)c1c(C(F)(F)F)ccc(N)c1C=N. The molecule has 0 spiro atoms. The first-order valence-electron chi connectivity index (χ1n) is 4.79. The molecule has 1 rings (SSSR count). The summed E-state index contributed by atoms with van der Waals surface area (Å²) in [7, 11) is 0. The largest absolute Gasteiger partial charge is 0.416 e. The van der Waals surface area contributed by atoms with E-state index in [4.69, 9.17) is 11.1 Å². The van der Waals surface area contributed by atoms with E-state index in [0.717, 1.165) is 12.3 Å². The van der Waals surface area contributed by atoms with Crippen LogP contribution in [0.4, 0.5) is 18.9 Å². The maximum atomic E-state index is 12.7.